The number of nitrogens with zero attached hydrogens (tertiary/aromatic N) is 1. The number of amides is 1. The lowest BCUT2D eigenvalue weighted by Crippen LogP contribution is -2.35. The minimum absolute atomic E-state index is 0.0652. The molecule has 22 heavy (non-hydrogen) atoms. The highest BCUT2D eigenvalue weighted by atomic mass is 16.3. The van der Waals surface area contributed by atoms with Gasteiger partial charge < -0.3 is 20.6 Å². The normalized spacial score (nSPS) is 25.8. The molecular formula is C17H25N3O2. The first-order valence-electron chi connectivity index (χ1n) is 8.30. The van der Waals surface area contributed by atoms with Gasteiger partial charge in [-0.1, -0.05) is 18.9 Å². The Morgan fingerprint density at radius 2 is 2.00 bits per heavy atom. The molecule has 0 aliphatic carbocycles. The van der Waals surface area contributed by atoms with Crippen molar-refractivity contribution in [3.8, 4) is 0 Å². The number of hydrogen-bond donors (Lipinski definition) is 3. The number of aliphatic hydroxyl groups excluding tert-OH is 1. The summed E-state index contributed by atoms with van der Waals surface area (Å²) in [7, 11) is 0. The summed E-state index contributed by atoms with van der Waals surface area (Å²) in [6, 6.07) is 7.78. The first-order chi connectivity index (χ1) is 10.7. The van der Waals surface area contributed by atoms with Gasteiger partial charge in [-0.3, -0.25) is 4.79 Å². The Balaban J connectivity index is 1.64. The number of hydrogen-bond acceptors (Lipinski definition) is 4. The molecule has 2 heterocycles. The number of aliphatic hydroxyl groups is 1. The number of nitrogens with one attached hydrogen (secondary N) is 2. The minimum Gasteiger partial charge on any atom is -0.392 e. The van der Waals surface area contributed by atoms with E-state index in [1.807, 2.05) is 12.1 Å². The molecule has 0 radical (unpaired) electrons. The van der Waals surface area contributed by atoms with Crippen molar-refractivity contribution in [2.45, 2.75) is 44.2 Å². The molecule has 2 fully saturated rings. The predicted octanol–water partition coefficient (Wildman–Crippen LogP) is 1.73. The molecule has 2 atom stereocenters. The third-order valence-electron chi connectivity index (χ3n) is 4.51. The molecule has 2 saturated heterocycles. The maximum absolute atomic E-state index is 12.2. The monoisotopic (exact) mass is 303 g/mol. The zero-order valence-corrected chi connectivity index (χ0v) is 12.9. The van der Waals surface area contributed by atoms with Crippen LogP contribution in [-0.4, -0.2) is 42.8 Å². The summed E-state index contributed by atoms with van der Waals surface area (Å²) in [4.78, 5) is 14.6. The van der Waals surface area contributed by atoms with Gasteiger partial charge in [-0.15, -0.1) is 0 Å². The molecule has 0 bridgehead atoms. The minimum atomic E-state index is -0.417. The van der Waals surface area contributed by atoms with Crippen LogP contribution in [0.25, 0.3) is 0 Å². The Kier molecular flexibility index (Phi) is 4.95. The van der Waals surface area contributed by atoms with Gasteiger partial charge in [0.1, 0.15) is 0 Å². The van der Waals surface area contributed by atoms with Gasteiger partial charge in [0.25, 0.3) is 0 Å². The molecule has 5 nitrogen and oxygen atoms in total. The Hall–Kier alpha value is -1.59. The summed E-state index contributed by atoms with van der Waals surface area (Å²) in [6.07, 6.45) is 5.16. The van der Waals surface area contributed by atoms with Crippen LogP contribution in [0.15, 0.2) is 24.3 Å². The van der Waals surface area contributed by atoms with Crippen LogP contribution in [0, 0.1) is 0 Å². The highest BCUT2D eigenvalue weighted by molar-refractivity contribution is 5.95. The second-order valence-corrected chi connectivity index (χ2v) is 6.29. The molecule has 0 aromatic heterocycles. The van der Waals surface area contributed by atoms with Gasteiger partial charge in [-0.25, -0.2) is 0 Å². The molecule has 0 saturated carbocycles. The lowest BCUT2D eigenvalue weighted by molar-refractivity contribution is -0.117. The van der Waals surface area contributed by atoms with E-state index in [-0.39, 0.29) is 11.9 Å². The SMILES string of the molecule is O=C(Nc1cccc(N2CCCCCC2)c1)C1CC(O)CN1. The molecular weight excluding hydrogens is 278 g/mol. The molecule has 2 aliphatic heterocycles. The van der Waals surface area contributed by atoms with E-state index in [1.165, 1.54) is 31.4 Å². The van der Waals surface area contributed by atoms with Crippen LogP contribution >= 0.6 is 0 Å². The summed E-state index contributed by atoms with van der Waals surface area (Å²) < 4.78 is 0. The van der Waals surface area contributed by atoms with E-state index >= 15 is 0 Å². The van der Waals surface area contributed by atoms with Gasteiger partial charge in [0.2, 0.25) is 5.91 Å². The predicted molar refractivity (Wildman–Crippen MR) is 88.2 cm³/mol. The standard InChI is InChI=1S/C17H25N3O2/c21-15-11-16(18-12-15)17(22)19-13-6-5-7-14(10-13)20-8-3-1-2-4-9-20/h5-7,10,15-16,18,21H,1-4,8-9,11-12H2,(H,19,22). The van der Waals surface area contributed by atoms with Gasteiger partial charge in [0.05, 0.1) is 12.1 Å². The van der Waals surface area contributed by atoms with Crippen molar-refractivity contribution in [1.29, 1.82) is 0 Å². The first kappa shape index (κ1) is 15.3. The number of β-amino-alcohol motifs (C(OH)–C–C–N with tert-alkyl or cyclic N) is 1. The van der Waals surface area contributed by atoms with Crippen molar-refractivity contribution < 1.29 is 9.90 Å². The average Bonchev–Trinajstić information content (AvgIpc) is 2.79. The van der Waals surface area contributed by atoms with Crippen molar-refractivity contribution in [2.75, 3.05) is 29.9 Å². The molecule has 5 heteroatoms. The van der Waals surface area contributed by atoms with Crippen LogP contribution < -0.4 is 15.5 Å². The third kappa shape index (κ3) is 3.78. The molecule has 2 aliphatic rings. The summed E-state index contributed by atoms with van der Waals surface area (Å²) in [5.41, 5.74) is 2.01. The summed E-state index contributed by atoms with van der Waals surface area (Å²) in [5.74, 6) is -0.0652. The Labute approximate surface area is 131 Å². The van der Waals surface area contributed by atoms with Crippen molar-refractivity contribution in [3.05, 3.63) is 24.3 Å². The topological polar surface area (TPSA) is 64.6 Å². The maximum Gasteiger partial charge on any atom is 0.241 e. The molecule has 120 valence electrons. The van der Waals surface area contributed by atoms with E-state index in [0.717, 1.165) is 18.8 Å². The summed E-state index contributed by atoms with van der Waals surface area (Å²) in [6.45, 7) is 2.67. The molecule has 1 aromatic rings. The summed E-state index contributed by atoms with van der Waals surface area (Å²) >= 11 is 0. The maximum atomic E-state index is 12.2. The fourth-order valence-electron chi connectivity index (χ4n) is 3.26. The van der Waals surface area contributed by atoms with E-state index in [4.69, 9.17) is 0 Å². The second-order valence-electron chi connectivity index (χ2n) is 6.29. The number of carbonyl (C=O) groups is 1. The Bertz CT molecular complexity index is 512. The molecule has 1 aromatic carbocycles. The zero-order valence-electron chi connectivity index (χ0n) is 12.9. The number of benzene rings is 1. The first-order valence-corrected chi connectivity index (χ1v) is 8.30. The molecule has 3 N–H and O–H groups in total. The fraction of sp³-hybridized carbons (Fsp3) is 0.588. The number of rotatable bonds is 3. The number of anilines is 2. The molecule has 1 amide bonds. The lowest BCUT2D eigenvalue weighted by Gasteiger charge is -2.23. The quantitative estimate of drug-likeness (QED) is 0.796. The smallest absolute Gasteiger partial charge is 0.241 e. The van der Waals surface area contributed by atoms with Gasteiger partial charge in [0.15, 0.2) is 0 Å². The second kappa shape index (κ2) is 7.11. The van der Waals surface area contributed by atoms with E-state index < -0.39 is 6.10 Å². The fourth-order valence-corrected chi connectivity index (χ4v) is 3.26. The van der Waals surface area contributed by atoms with Crippen molar-refractivity contribution in [1.82, 2.24) is 5.32 Å². The molecule has 0 spiro atoms. The van der Waals surface area contributed by atoms with E-state index in [0.29, 0.717) is 13.0 Å². The van der Waals surface area contributed by atoms with Crippen LogP contribution in [0.4, 0.5) is 11.4 Å². The largest absolute Gasteiger partial charge is 0.392 e. The average molecular weight is 303 g/mol. The van der Waals surface area contributed by atoms with Crippen LogP contribution in [0.3, 0.4) is 0 Å². The van der Waals surface area contributed by atoms with E-state index in [2.05, 4.69) is 27.7 Å². The van der Waals surface area contributed by atoms with Crippen LogP contribution in [0.1, 0.15) is 32.1 Å². The lowest BCUT2D eigenvalue weighted by atomic mass is 10.2. The van der Waals surface area contributed by atoms with Gasteiger partial charge in [-0.05, 0) is 37.5 Å². The zero-order chi connectivity index (χ0) is 15.4. The van der Waals surface area contributed by atoms with Crippen molar-refractivity contribution in [2.24, 2.45) is 0 Å². The number of carbonyl (C=O) groups excluding carboxylic acids is 1. The third-order valence-corrected chi connectivity index (χ3v) is 4.51. The highest BCUT2D eigenvalue weighted by Crippen LogP contribution is 2.23. The van der Waals surface area contributed by atoms with Crippen LogP contribution in [0.5, 0.6) is 0 Å². The Morgan fingerprint density at radius 3 is 2.68 bits per heavy atom. The molecule has 3 rings (SSSR count). The van der Waals surface area contributed by atoms with Crippen molar-refractivity contribution in [3.63, 3.8) is 0 Å². The van der Waals surface area contributed by atoms with Crippen LogP contribution in [-0.2, 0) is 4.79 Å². The van der Waals surface area contributed by atoms with Gasteiger partial charge in [0, 0.05) is 31.0 Å². The van der Waals surface area contributed by atoms with E-state index in [9.17, 15) is 9.90 Å². The Morgan fingerprint density at radius 1 is 1.23 bits per heavy atom. The van der Waals surface area contributed by atoms with Crippen LogP contribution in [0.2, 0.25) is 0 Å². The molecule has 2 unspecified atom stereocenters. The van der Waals surface area contributed by atoms with Gasteiger partial charge in [-0.2, -0.15) is 0 Å². The van der Waals surface area contributed by atoms with Gasteiger partial charge >= 0.3 is 0 Å². The summed E-state index contributed by atoms with van der Waals surface area (Å²) in [5, 5.41) is 15.5. The highest BCUT2D eigenvalue weighted by Gasteiger charge is 2.28. The van der Waals surface area contributed by atoms with E-state index in [1.54, 1.807) is 0 Å². The van der Waals surface area contributed by atoms with Crippen molar-refractivity contribution >= 4 is 17.3 Å².